The van der Waals surface area contributed by atoms with Gasteiger partial charge in [0.1, 0.15) is 0 Å². The molecule has 0 saturated heterocycles. The van der Waals surface area contributed by atoms with Crippen LogP contribution >= 0.6 is 0 Å². The zero-order chi connectivity index (χ0) is 11.4. The van der Waals surface area contributed by atoms with Crippen LogP contribution in [0, 0.1) is 52.8 Å². The molecule has 0 N–H and O–H groups in total. The highest BCUT2D eigenvalue weighted by molar-refractivity contribution is 5.18. The maximum Gasteiger partial charge on any atom is -0.0287 e. The summed E-state index contributed by atoms with van der Waals surface area (Å²) in [6, 6.07) is 0. The standard InChI is InChI=1S/C17H26/c1-17(2)15-11-5-3-9(7-11)13(15)14-10-4-6-12(8-10)16(14)17/h9-16H,3-8H2,1-2H3. The van der Waals surface area contributed by atoms with Gasteiger partial charge in [0.25, 0.3) is 0 Å². The van der Waals surface area contributed by atoms with Gasteiger partial charge < -0.3 is 0 Å². The zero-order valence-electron chi connectivity index (χ0n) is 11.4. The van der Waals surface area contributed by atoms with E-state index >= 15 is 0 Å². The molecule has 4 bridgehead atoms. The molecule has 0 amide bonds. The topological polar surface area (TPSA) is 0 Å². The van der Waals surface area contributed by atoms with Crippen LogP contribution in [0.3, 0.4) is 0 Å². The molecular weight excluding hydrogens is 204 g/mol. The number of hydrogen-bond acceptors (Lipinski definition) is 0. The molecule has 0 spiro atoms. The largest absolute Gasteiger partial charge is 0.0593 e. The maximum atomic E-state index is 2.66. The van der Waals surface area contributed by atoms with Crippen molar-refractivity contribution < 1.29 is 0 Å². The average Bonchev–Trinajstić information content (AvgIpc) is 3.02. The average molecular weight is 230 g/mol. The van der Waals surface area contributed by atoms with Crippen LogP contribution in [-0.2, 0) is 0 Å². The van der Waals surface area contributed by atoms with E-state index in [1.54, 1.807) is 38.5 Å². The molecule has 0 aliphatic heterocycles. The molecule has 17 heavy (non-hydrogen) atoms. The lowest BCUT2D eigenvalue weighted by Crippen LogP contribution is -2.33. The van der Waals surface area contributed by atoms with E-state index in [2.05, 4.69) is 13.8 Å². The van der Waals surface area contributed by atoms with Crippen molar-refractivity contribution >= 4 is 0 Å². The SMILES string of the molecule is CC1(C)C2C3CCC(C3)C2C2C3CCC(C3)C21. The van der Waals surface area contributed by atoms with Gasteiger partial charge in [-0.2, -0.15) is 0 Å². The second-order valence-corrected chi connectivity index (χ2v) is 8.69. The third kappa shape index (κ3) is 0.932. The molecule has 94 valence electrons. The highest BCUT2D eigenvalue weighted by Crippen LogP contribution is 2.76. The highest BCUT2D eigenvalue weighted by Gasteiger charge is 2.69. The van der Waals surface area contributed by atoms with Gasteiger partial charge in [-0.25, -0.2) is 0 Å². The van der Waals surface area contributed by atoms with E-state index in [4.69, 9.17) is 0 Å². The lowest BCUT2D eigenvalue weighted by molar-refractivity contribution is 0.0919. The summed E-state index contributed by atoms with van der Waals surface area (Å²) in [5, 5.41) is 0. The zero-order valence-corrected chi connectivity index (χ0v) is 11.4. The Morgan fingerprint density at radius 1 is 0.647 bits per heavy atom. The second-order valence-electron chi connectivity index (χ2n) is 8.69. The van der Waals surface area contributed by atoms with Gasteiger partial charge in [-0.1, -0.05) is 13.8 Å². The quantitative estimate of drug-likeness (QED) is 0.580. The van der Waals surface area contributed by atoms with E-state index in [0.717, 1.165) is 23.7 Å². The normalized spacial score (nSPS) is 65.3. The molecule has 5 rings (SSSR count). The van der Waals surface area contributed by atoms with E-state index < -0.39 is 0 Å². The number of fused-ring (bicyclic) bond motifs is 11. The Morgan fingerprint density at radius 3 is 1.53 bits per heavy atom. The summed E-state index contributed by atoms with van der Waals surface area (Å²) in [5.74, 6) is 9.26. The van der Waals surface area contributed by atoms with Gasteiger partial charge in [0.2, 0.25) is 0 Å². The van der Waals surface area contributed by atoms with Crippen molar-refractivity contribution in [3.05, 3.63) is 0 Å². The van der Waals surface area contributed by atoms with Gasteiger partial charge in [0.15, 0.2) is 0 Å². The molecule has 5 fully saturated rings. The fraction of sp³-hybridized carbons (Fsp3) is 1.00. The summed E-state index contributed by atoms with van der Waals surface area (Å²) < 4.78 is 0. The minimum absolute atomic E-state index is 0.703. The Kier molecular flexibility index (Phi) is 1.61. The van der Waals surface area contributed by atoms with E-state index in [0.29, 0.717) is 5.41 Å². The van der Waals surface area contributed by atoms with Gasteiger partial charge in [-0.3, -0.25) is 0 Å². The fourth-order valence-electron chi connectivity index (χ4n) is 8.21. The molecule has 5 aliphatic carbocycles. The molecule has 0 heteroatoms. The summed E-state index contributed by atoms with van der Waals surface area (Å²) in [4.78, 5) is 0. The molecule has 5 saturated carbocycles. The predicted octanol–water partition coefficient (Wildman–Crippen LogP) is 4.35. The van der Waals surface area contributed by atoms with E-state index in [1.165, 1.54) is 23.7 Å². The maximum absolute atomic E-state index is 2.66. The Balaban J connectivity index is 1.64. The minimum atomic E-state index is 0.703. The first-order valence-electron chi connectivity index (χ1n) is 8.18. The molecule has 0 aromatic rings. The molecule has 0 aromatic carbocycles. The van der Waals surface area contributed by atoms with Crippen molar-refractivity contribution in [2.75, 3.05) is 0 Å². The van der Waals surface area contributed by atoms with Crippen LogP contribution in [0.4, 0.5) is 0 Å². The summed E-state index contributed by atoms with van der Waals surface area (Å²) in [6.45, 7) is 5.33. The van der Waals surface area contributed by atoms with Gasteiger partial charge in [0.05, 0.1) is 0 Å². The Labute approximate surface area is 106 Å². The summed E-state index contributed by atoms with van der Waals surface area (Å²) in [5.41, 5.74) is 0.703. The molecule has 0 nitrogen and oxygen atoms in total. The first kappa shape index (κ1) is 9.87. The predicted molar refractivity (Wildman–Crippen MR) is 69.4 cm³/mol. The summed E-state index contributed by atoms with van der Waals surface area (Å²) in [6.07, 6.45) is 9.62. The number of rotatable bonds is 0. The van der Waals surface area contributed by atoms with Crippen molar-refractivity contribution in [2.24, 2.45) is 52.8 Å². The van der Waals surface area contributed by atoms with Crippen LogP contribution in [0.2, 0.25) is 0 Å². The van der Waals surface area contributed by atoms with Crippen molar-refractivity contribution in [1.29, 1.82) is 0 Å². The molecular formula is C17H26. The third-order valence-corrected chi connectivity index (χ3v) is 8.12. The van der Waals surface area contributed by atoms with E-state index in [9.17, 15) is 0 Å². The Morgan fingerprint density at radius 2 is 1.06 bits per heavy atom. The van der Waals surface area contributed by atoms with Gasteiger partial charge >= 0.3 is 0 Å². The van der Waals surface area contributed by atoms with Crippen LogP contribution in [0.15, 0.2) is 0 Å². The molecule has 0 aromatic heterocycles. The Hall–Kier alpha value is 0. The lowest BCUT2D eigenvalue weighted by atomic mass is 9.66. The first-order chi connectivity index (χ1) is 8.18. The molecule has 0 radical (unpaired) electrons. The Bertz CT molecular complexity index is 334. The fourth-order valence-corrected chi connectivity index (χ4v) is 8.21. The monoisotopic (exact) mass is 230 g/mol. The van der Waals surface area contributed by atoms with Crippen molar-refractivity contribution in [3.63, 3.8) is 0 Å². The van der Waals surface area contributed by atoms with E-state index in [-0.39, 0.29) is 0 Å². The van der Waals surface area contributed by atoms with Crippen molar-refractivity contribution in [2.45, 2.75) is 52.4 Å². The van der Waals surface area contributed by atoms with Crippen molar-refractivity contribution in [3.8, 4) is 0 Å². The lowest BCUT2D eigenvalue weighted by Gasteiger charge is -2.39. The molecule has 5 aliphatic rings. The van der Waals surface area contributed by atoms with Crippen LogP contribution in [0.1, 0.15) is 52.4 Å². The molecule has 8 unspecified atom stereocenters. The molecule has 0 heterocycles. The van der Waals surface area contributed by atoms with Crippen LogP contribution in [0.25, 0.3) is 0 Å². The van der Waals surface area contributed by atoms with Crippen molar-refractivity contribution in [1.82, 2.24) is 0 Å². The van der Waals surface area contributed by atoms with Crippen LogP contribution in [-0.4, -0.2) is 0 Å². The highest BCUT2D eigenvalue weighted by atomic mass is 14.7. The number of hydrogen-bond donors (Lipinski definition) is 0. The minimum Gasteiger partial charge on any atom is -0.0593 e. The van der Waals surface area contributed by atoms with Gasteiger partial charge in [0, 0.05) is 0 Å². The first-order valence-corrected chi connectivity index (χ1v) is 8.18. The van der Waals surface area contributed by atoms with Gasteiger partial charge in [-0.15, -0.1) is 0 Å². The molecule has 8 atom stereocenters. The van der Waals surface area contributed by atoms with Gasteiger partial charge in [-0.05, 0) is 91.3 Å². The van der Waals surface area contributed by atoms with Crippen LogP contribution in [0.5, 0.6) is 0 Å². The third-order valence-electron chi connectivity index (χ3n) is 8.12. The smallest absolute Gasteiger partial charge is 0.0287 e. The summed E-state index contributed by atoms with van der Waals surface area (Å²) >= 11 is 0. The van der Waals surface area contributed by atoms with Crippen LogP contribution < -0.4 is 0 Å². The second kappa shape index (κ2) is 2.78. The van der Waals surface area contributed by atoms with E-state index in [1.807, 2.05) is 0 Å². The summed E-state index contributed by atoms with van der Waals surface area (Å²) in [7, 11) is 0.